The average molecular weight is 316 g/mol. The SMILES string of the molecule is CN1CCN(C(=O)C=Cc2ccc(C=CC(=O)NO)nc2)CC1. The molecular weight excluding hydrogens is 296 g/mol. The van der Waals surface area contributed by atoms with Gasteiger partial charge in [0.2, 0.25) is 5.91 Å². The number of likely N-dealkylation sites (N-methyl/N-ethyl adjacent to an activating group) is 1. The summed E-state index contributed by atoms with van der Waals surface area (Å²) >= 11 is 0. The molecule has 2 heterocycles. The standard InChI is InChI=1S/C16H20N4O3/c1-19-8-10-20(11-9-19)16(22)7-3-13-2-4-14(17-12-13)5-6-15(21)18-23/h2-7,12,23H,8-11H2,1H3,(H,18,21). The maximum Gasteiger partial charge on any atom is 0.267 e. The first-order valence-corrected chi connectivity index (χ1v) is 7.32. The Hall–Kier alpha value is -2.51. The van der Waals surface area contributed by atoms with Crippen molar-refractivity contribution >= 4 is 24.0 Å². The van der Waals surface area contributed by atoms with Gasteiger partial charge in [0, 0.05) is 44.5 Å². The van der Waals surface area contributed by atoms with Crippen LogP contribution in [-0.4, -0.2) is 65.0 Å². The van der Waals surface area contributed by atoms with Crippen LogP contribution in [0.4, 0.5) is 0 Å². The number of rotatable bonds is 4. The monoisotopic (exact) mass is 316 g/mol. The van der Waals surface area contributed by atoms with Crippen molar-refractivity contribution in [2.75, 3.05) is 33.2 Å². The van der Waals surface area contributed by atoms with Gasteiger partial charge in [0.1, 0.15) is 0 Å². The third-order valence-electron chi connectivity index (χ3n) is 3.56. The Bertz CT molecular complexity index is 602. The number of piperazine rings is 1. The molecule has 0 spiro atoms. The number of hydrogen-bond acceptors (Lipinski definition) is 5. The lowest BCUT2D eigenvalue weighted by Gasteiger charge is -2.31. The average Bonchev–Trinajstić information content (AvgIpc) is 2.59. The summed E-state index contributed by atoms with van der Waals surface area (Å²) in [6.45, 7) is 3.27. The topological polar surface area (TPSA) is 85.8 Å². The Labute approximate surface area is 134 Å². The van der Waals surface area contributed by atoms with Gasteiger partial charge in [-0.2, -0.15) is 0 Å². The fourth-order valence-electron chi connectivity index (χ4n) is 2.11. The Morgan fingerprint density at radius 1 is 1.17 bits per heavy atom. The normalized spacial score (nSPS) is 16.2. The Balaban J connectivity index is 1.91. The molecule has 0 radical (unpaired) electrons. The van der Waals surface area contributed by atoms with Gasteiger partial charge < -0.3 is 9.80 Å². The molecule has 0 aliphatic carbocycles. The first kappa shape index (κ1) is 16.9. The van der Waals surface area contributed by atoms with Crippen LogP contribution in [0.2, 0.25) is 0 Å². The molecule has 0 unspecified atom stereocenters. The van der Waals surface area contributed by atoms with Gasteiger partial charge in [0.25, 0.3) is 5.91 Å². The van der Waals surface area contributed by atoms with Crippen LogP contribution in [0.5, 0.6) is 0 Å². The van der Waals surface area contributed by atoms with Gasteiger partial charge in [-0.25, -0.2) is 5.48 Å². The van der Waals surface area contributed by atoms with E-state index in [1.807, 2.05) is 11.9 Å². The minimum absolute atomic E-state index is 0.00156. The van der Waals surface area contributed by atoms with E-state index < -0.39 is 5.91 Å². The van der Waals surface area contributed by atoms with Crippen molar-refractivity contribution in [1.82, 2.24) is 20.3 Å². The molecule has 2 N–H and O–H groups in total. The minimum atomic E-state index is -0.617. The largest absolute Gasteiger partial charge is 0.337 e. The quantitative estimate of drug-likeness (QED) is 0.477. The van der Waals surface area contributed by atoms with Crippen LogP contribution < -0.4 is 5.48 Å². The molecule has 23 heavy (non-hydrogen) atoms. The number of nitrogens with one attached hydrogen (secondary N) is 1. The number of carbonyl (C=O) groups is 2. The lowest BCUT2D eigenvalue weighted by molar-refractivity contribution is -0.127. The van der Waals surface area contributed by atoms with Gasteiger partial charge >= 0.3 is 0 Å². The summed E-state index contributed by atoms with van der Waals surface area (Å²) in [5, 5.41) is 8.38. The lowest BCUT2D eigenvalue weighted by atomic mass is 10.2. The summed E-state index contributed by atoms with van der Waals surface area (Å²) in [6, 6.07) is 3.53. The van der Waals surface area contributed by atoms with E-state index in [2.05, 4.69) is 9.88 Å². The van der Waals surface area contributed by atoms with Gasteiger partial charge in [-0.05, 0) is 30.8 Å². The summed E-state index contributed by atoms with van der Waals surface area (Å²) in [7, 11) is 2.05. The van der Waals surface area contributed by atoms with E-state index in [1.165, 1.54) is 17.6 Å². The van der Waals surface area contributed by atoms with Crippen molar-refractivity contribution in [2.24, 2.45) is 0 Å². The highest BCUT2D eigenvalue weighted by atomic mass is 16.5. The lowest BCUT2D eigenvalue weighted by Crippen LogP contribution is -2.46. The third kappa shape index (κ3) is 5.32. The Morgan fingerprint density at radius 2 is 1.91 bits per heavy atom. The van der Waals surface area contributed by atoms with Gasteiger partial charge in [0.15, 0.2) is 0 Å². The molecule has 1 aliphatic heterocycles. The second-order valence-electron chi connectivity index (χ2n) is 5.29. The number of carbonyl (C=O) groups excluding carboxylic acids is 2. The predicted octanol–water partition coefficient (Wildman–Crippen LogP) is 0.387. The number of hydroxylamine groups is 1. The molecule has 0 bridgehead atoms. The molecule has 1 aliphatic rings. The van der Waals surface area contributed by atoms with Crippen LogP contribution >= 0.6 is 0 Å². The van der Waals surface area contributed by atoms with Crippen molar-refractivity contribution in [3.05, 3.63) is 41.7 Å². The molecule has 122 valence electrons. The number of nitrogens with zero attached hydrogens (tertiary/aromatic N) is 3. The molecule has 1 aromatic heterocycles. The number of pyridine rings is 1. The Morgan fingerprint density at radius 3 is 2.52 bits per heavy atom. The van der Waals surface area contributed by atoms with Crippen LogP contribution in [-0.2, 0) is 9.59 Å². The van der Waals surface area contributed by atoms with E-state index in [-0.39, 0.29) is 5.91 Å². The molecule has 7 nitrogen and oxygen atoms in total. The van der Waals surface area contributed by atoms with Crippen molar-refractivity contribution in [1.29, 1.82) is 0 Å². The van der Waals surface area contributed by atoms with Crippen molar-refractivity contribution in [2.45, 2.75) is 0 Å². The minimum Gasteiger partial charge on any atom is -0.337 e. The molecule has 2 rings (SSSR count). The zero-order valence-electron chi connectivity index (χ0n) is 13.0. The van der Waals surface area contributed by atoms with Gasteiger partial charge in [-0.15, -0.1) is 0 Å². The van der Waals surface area contributed by atoms with Crippen LogP contribution in [0, 0.1) is 0 Å². The highest BCUT2D eigenvalue weighted by molar-refractivity contribution is 5.92. The van der Waals surface area contributed by atoms with Crippen molar-refractivity contribution in [3.63, 3.8) is 0 Å². The molecule has 0 aromatic carbocycles. The van der Waals surface area contributed by atoms with Crippen LogP contribution in [0.15, 0.2) is 30.5 Å². The number of hydrogen-bond donors (Lipinski definition) is 2. The summed E-state index contributed by atoms with van der Waals surface area (Å²) in [4.78, 5) is 31.1. The molecule has 0 atom stereocenters. The van der Waals surface area contributed by atoms with Gasteiger partial charge in [0.05, 0.1) is 5.69 Å². The second kappa shape index (κ2) is 8.21. The molecule has 1 aromatic rings. The summed E-state index contributed by atoms with van der Waals surface area (Å²) < 4.78 is 0. The van der Waals surface area contributed by atoms with E-state index in [4.69, 9.17) is 5.21 Å². The Kier molecular flexibility index (Phi) is 6.02. The fraction of sp³-hybridized carbons (Fsp3) is 0.312. The maximum atomic E-state index is 12.1. The van der Waals surface area contributed by atoms with E-state index in [0.29, 0.717) is 5.69 Å². The predicted molar refractivity (Wildman–Crippen MR) is 86.3 cm³/mol. The maximum absolute atomic E-state index is 12.1. The summed E-state index contributed by atoms with van der Waals surface area (Å²) in [5.41, 5.74) is 2.89. The van der Waals surface area contributed by atoms with Gasteiger partial charge in [-0.1, -0.05) is 6.07 Å². The van der Waals surface area contributed by atoms with Crippen molar-refractivity contribution < 1.29 is 14.8 Å². The highest BCUT2D eigenvalue weighted by Crippen LogP contribution is 2.06. The highest BCUT2D eigenvalue weighted by Gasteiger charge is 2.16. The van der Waals surface area contributed by atoms with Crippen LogP contribution in [0.3, 0.4) is 0 Å². The summed E-state index contributed by atoms with van der Waals surface area (Å²) in [6.07, 6.45) is 7.55. The number of aromatic nitrogens is 1. The zero-order chi connectivity index (χ0) is 16.7. The summed E-state index contributed by atoms with van der Waals surface area (Å²) in [5.74, 6) is -0.616. The first-order chi connectivity index (χ1) is 11.1. The van der Waals surface area contributed by atoms with Crippen molar-refractivity contribution in [3.8, 4) is 0 Å². The third-order valence-corrected chi connectivity index (χ3v) is 3.56. The van der Waals surface area contributed by atoms with E-state index in [0.717, 1.165) is 31.7 Å². The fourth-order valence-corrected chi connectivity index (χ4v) is 2.11. The van der Waals surface area contributed by atoms with Crippen LogP contribution in [0.1, 0.15) is 11.3 Å². The molecule has 0 saturated carbocycles. The molecule has 1 saturated heterocycles. The number of amides is 2. The molecule has 1 fully saturated rings. The molecule has 2 amide bonds. The van der Waals surface area contributed by atoms with E-state index >= 15 is 0 Å². The molecule has 7 heteroatoms. The molecular formula is C16H20N4O3. The van der Waals surface area contributed by atoms with E-state index in [9.17, 15) is 9.59 Å². The first-order valence-electron chi connectivity index (χ1n) is 7.32. The van der Waals surface area contributed by atoms with Crippen LogP contribution in [0.25, 0.3) is 12.2 Å². The smallest absolute Gasteiger partial charge is 0.267 e. The second-order valence-corrected chi connectivity index (χ2v) is 5.29. The van der Waals surface area contributed by atoms with Gasteiger partial charge in [-0.3, -0.25) is 19.8 Å². The van der Waals surface area contributed by atoms with E-state index in [1.54, 1.807) is 30.5 Å². The zero-order valence-corrected chi connectivity index (χ0v) is 13.0.